The topological polar surface area (TPSA) is 40.5 Å². The van der Waals surface area contributed by atoms with Gasteiger partial charge in [-0.1, -0.05) is 5.57 Å². The van der Waals surface area contributed by atoms with Gasteiger partial charge in [0.05, 0.1) is 0 Å². The molecular formula is C15H16FNO2. The Bertz CT molecular complexity index is 507. The summed E-state index contributed by atoms with van der Waals surface area (Å²) in [5, 5.41) is 8.84. The molecule has 2 saturated heterocycles. The van der Waals surface area contributed by atoms with Crippen molar-refractivity contribution in [2.45, 2.75) is 37.8 Å². The Balaban J connectivity index is 1.83. The van der Waals surface area contributed by atoms with Gasteiger partial charge in [0.25, 0.3) is 0 Å². The molecule has 4 heteroatoms. The van der Waals surface area contributed by atoms with Crippen LogP contribution in [0.25, 0.3) is 0 Å². The molecule has 2 fully saturated rings. The number of hydrogen-bond acceptors (Lipinski definition) is 2. The van der Waals surface area contributed by atoms with Crippen LogP contribution in [0.3, 0.4) is 0 Å². The van der Waals surface area contributed by atoms with Gasteiger partial charge < -0.3 is 10.0 Å². The molecule has 2 atom stereocenters. The van der Waals surface area contributed by atoms with Gasteiger partial charge in [0.1, 0.15) is 5.82 Å². The molecule has 2 aliphatic rings. The van der Waals surface area contributed by atoms with Crippen molar-refractivity contribution in [1.82, 2.24) is 0 Å². The zero-order valence-corrected chi connectivity index (χ0v) is 10.6. The van der Waals surface area contributed by atoms with Gasteiger partial charge in [-0.3, -0.25) is 0 Å². The Morgan fingerprint density at radius 2 is 1.79 bits per heavy atom. The highest BCUT2D eigenvalue weighted by atomic mass is 19.1. The minimum Gasteiger partial charge on any atom is -0.478 e. The second-order valence-electron chi connectivity index (χ2n) is 5.32. The first-order valence-electron chi connectivity index (χ1n) is 6.60. The summed E-state index contributed by atoms with van der Waals surface area (Å²) in [7, 11) is 0. The van der Waals surface area contributed by atoms with Crippen molar-refractivity contribution in [2.75, 3.05) is 4.90 Å². The highest BCUT2D eigenvalue weighted by molar-refractivity contribution is 5.80. The summed E-state index contributed by atoms with van der Waals surface area (Å²) < 4.78 is 13.0. The highest BCUT2D eigenvalue weighted by Gasteiger charge is 2.38. The minimum atomic E-state index is -0.857. The van der Waals surface area contributed by atoms with E-state index in [0.29, 0.717) is 12.1 Å². The normalized spacial score (nSPS) is 25.5. The van der Waals surface area contributed by atoms with E-state index in [1.807, 2.05) is 12.1 Å². The molecular weight excluding hydrogens is 245 g/mol. The predicted molar refractivity (Wildman–Crippen MR) is 70.6 cm³/mol. The molecule has 0 saturated carbocycles. The lowest BCUT2D eigenvalue weighted by atomic mass is 9.95. The number of piperidine rings is 1. The lowest BCUT2D eigenvalue weighted by molar-refractivity contribution is -0.131. The van der Waals surface area contributed by atoms with Gasteiger partial charge >= 0.3 is 5.97 Å². The first-order chi connectivity index (χ1) is 9.13. The summed E-state index contributed by atoms with van der Waals surface area (Å²) in [5.74, 6) is -1.08. The monoisotopic (exact) mass is 261 g/mol. The second kappa shape index (κ2) is 4.68. The molecule has 3 rings (SSSR count). The van der Waals surface area contributed by atoms with Gasteiger partial charge in [0, 0.05) is 23.8 Å². The number of hydrogen-bond donors (Lipinski definition) is 1. The Morgan fingerprint density at radius 1 is 1.21 bits per heavy atom. The fourth-order valence-corrected chi connectivity index (χ4v) is 3.38. The second-order valence-corrected chi connectivity index (χ2v) is 5.32. The first kappa shape index (κ1) is 12.2. The van der Waals surface area contributed by atoms with Crippen LogP contribution in [0, 0.1) is 5.82 Å². The fraction of sp³-hybridized carbons (Fsp3) is 0.400. The number of carboxylic acids is 1. The molecule has 19 heavy (non-hydrogen) atoms. The van der Waals surface area contributed by atoms with Gasteiger partial charge in [0.2, 0.25) is 0 Å². The molecule has 1 aromatic carbocycles. The molecule has 2 heterocycles. The quantitative estimate of drug-likeness (QED) is 0.832. The summed E-state index contributed by atoms with van der Waals surface area (Å²) in [6.07, 6.45) is 5.13. The van der Waals surface area contributed by atoms with Crippen LogP contribution in [0.2, 0.25) is 0 Å². The smallest absolute Gasteiger partial charge is 0.328 e. The van der Waals surface area contributed by atoms with Crippen molar-refractivity contribution >= 4 is 11.7 Å². The zero-order chi connectivity index (χ0) is 13.4. The van der Waals surface area contributed by atoms with Crippen molar-refractivity contribution in [3.8, 4) is 0 Å². The van der Waals surface area contributed by atoms with Crippen molar-refractivity contribution in [3.05, 3.63) is 41.7 Å². The first-order valence-corrected chi connectivity index (χ1v) is 6.60. The van der Waals surface area contributed by atoms with Crippen molar-refractivity contribution < 1.29 is 14.3 Å². The molecule has 0 aromatic heterocycles. The Labute approximate surface area is 111 Å². The third-order valence-corrected chi connectivity index (χ3v) is 4.07. The SMILES string of the molecule is O=C(O)C=C1CC2CCC(C1)N2c1ccc(F)cc1. The van der Waals surface area contributed by atoms with Crippen LogP contribution < -0.4 is 4.90 Å². The summed E-state index contributed by atoms with van der Waals surface area (Å²) in [4.78, 5) is 13.1. The zero-order valence-electron chi connectivity index (χ0n) is 10.6. The summed E-state index contributed by atoms with van der Waals surface area (Å²) in [6, 6.07) is 7.30. The van der Waals surface area contributed by atoms with Crippen molar-refractivity contribution in [2.24, 2.45) is 0 Å². The van der Waals surface area contributed by atoms with E-state index in [4.69, 9.17) is 5.11 Å². The molecule has 0 aliphatic carbocycles. The Morgan fingerprint density at radius 3 is 2.32 bits per heavy atom. The lowest BCUT2D eigenvalue weighted by Crippen LogP contribution is -2.40. The maximum absolute atomic E-state index is 13.0. The molecule has 2 bridgehead atoms. The molecule has 2 unspecified atom stereocenters. The van der Waals surface area contributed by atoms with E-state index in [-0.39, 0.29) is 5.82 Å². The van der Waals surface area contributed by atoms with Crippen LogP contribution in [0.15, 0.2) is 35.9 Å². The van der Waals surface area contributed by atoms with E-state index in [9.17, 15) is 9.18 Å². The molecule has 0 amide bonds. The average molecular weight is 261 g/mol. The maximum Gasteiger partial charge on any atom is 0.328 e. The van der Waals surface area contributed by atoms with Gasteiger partial charge in [-0.2, -0.15) is 0 Å². The number of benzene rings is 1. The lowest BCUT2D eigenvalue weighted by Gasteiger charge is -2.38. The van der Waals surface area contributed by atoms with Crippen LogP contribution >= 0.6 is 0 Å². The molecule has 0 spiro atoms. The van der Waals surface area contributed by atoms with E-state index in [1.54, 1.807) is 0 Å². The molecule has 1 aromatic rings. The summed E-state index contributed by atoms with van der Waals surface area (Å²) in [6.45, 7) is 0. The minimum absolute atomic E-state index is 0.223. The fourth-order valence-electron chi connectivity index (χ4n) is 3.38. The molecule has 3 nitrogen and oxygen atoms in total. The molecule has 1 N–H and O–H groups in total. The number of halogens is 1. The largest absolute Gasteiger partial charge is 0.478 e. The number of carbonyl (C=O) groups is 1. The Hall–Kier alpha value is -1.84. The van der Waals surface area contributed by atoms with E-state index >= 15 is 0 Å². The number of aliphatic carboxylic acids is 1. The van der Waals surface area contributed by atoms with Crippen LogP contribution in [0.4, 0.5) is 10.1 Å². The van der Waals surface area contributed by atoms with E-state index < -0.39 is 5.97 Å². The van der Waals surface area contributed by atoms with Gasteiger partial charge in [-0.25, -0.2) is 9.18 Å². The summed E-state index contributed by atoms with van der Waals surface area (Å²) in [5.41, 5.74) is 2.07. The third kappa shape index (κ3) is 2.35. The molecule has 0 radical (unpaired) electrons. The van der Waals surface area contributed by atoms with Crippen LogP contribution in [-0.2, 0) is 4.79 Å². The van der Waals surface area contributed by atoms with Gasteiger partial charge in [-0.05, 0) is 49.9 Å². The van der Waals surface area contributed by atoms with Crippen LogP contribution in [-0.4, -0.2) is 23.2 Å². The van der Waals surface area contributed by atoms with Crippen molar-refractivity contribution in [3.63, 3.8) is 0 Å². The van der Waals surface area contributed by atoms with Crippen LogP contribution in [0.1, 0.15) is 25.7 Å². The Kier molecular flexibility index (Phi) is 3.01. The average Bonchev–Trinajstić information content (AvgIpc) is 2.62. The van der Waals surface area contributed by atoms with Crippen molar-refractivity contribution in [1.29, 1.82) is 0 Å². The van der Waals surface area contributed by atoms with Gasteiger partial charge in [-0.15, -0.1) is 0 Å². The number of fused-ring (bicyclic) bond motifs is 2. The number of nitrogens with zero attached hydrogens (tertiary/aromatic N) is 1. The molecule has 100 valence electrons. The van der Waals surface area contributed by atoms with Crippen LogP contribution in [0.5, 0.6) is 0 Å². The van der Waals surface area contributed by atoms with E-state index in [1.165, 1.54) is 18.2 Å². The maximum atomic E-state index is 13.0. The van der Waals surface area contributed by atoms with E-state index in [2.05, 4.69) is 4.90 Å². The number of anilines is 1. The highest BCUT2D eigenvalue weighted by Crippen LogP contribution is 2.41. The standard InChI is InChI=1S/C15H16FNO2/c16-11-1-3-12(4-2-11)17-13-5-6-14(17)8-10(7-13)9-15(18)19/h1-4,9,13-14H,5-8H2,(H,18,19). The number of carboxylic acid groups (broad SMARTS) is 1. The predicted octanol–water partition coefficient (Wildman–Crippen LogP) is 2.97. The molecule has 2 aliphatic heterocycles. The van der Waals surface area contributed by atoms with E-state index in [0.717, 1.165) is 36.9 Å². The summed E-state index contributed by atoms with van der Waals surface area (Å²) >= 11 is 0. The number of rotatable bonds is 2. The third-order valence-electron chi connectivity index (χ3n) is 4.07. The van der Waals surface area contributed by atoms with Gasteiger partial charge in [0.15, 0.2) is 0 Å².